The quantitative estimate of drug-likeness (QED) is 0.516. The maximum atomic E-state index is 11.4. The number of rotatable bonds is 6. The van der Waals surface area contributed by atoms with Gasteiger partial charge in [-0.05, 0) is 31.6 Å². The van der Waals surface area contributed by atoms with E-state index in [0.29, 0.717) is 13.0 Å². The fourth-order valence-electron chi connectivity index (χ4n) is 1.86. The van der Waals surface area contributed by atoms with Crippen LogP contribution in [0.25, 0.3) is 0 Å². The zero-order chi connectivity index (χ0) is 10.6. The molecule has 0 unspecified atom stereocenters. The summed E-state index contributed by atoms with van der Waals surface area (Å²) in [5.74, 6) is 1.15. The standard InChI is InChI=1S/C11H17O3/c1-3-5-8-9(6-7-12)10(8)11(13)14-4-2/h3,8,10,12H,1,4-7H2,2H3/t8-,10-/m1/s1. The second-order valence-corrected chi connectivity index (χ2v) is 3.41. The van der Waals surface area contributed by atoms with Crippen molar-refractivity contribution in [1.29, 1.82) is 0 Å². The molecule has 1 fully saturated rings. The van der Waals surface area contributed by atoms with Gasteiger partial charge in [-0.1, -0.05) is 6.08 Å². The van der Waals surface area contributed by atoms with Crippen LogP contribution in [0.5, 0.6) is 0 Å². The smallest absolute Gasteiger partial charge is 0.309 e. The van der Waals surface area contributed by atoms with Crippen LogP contribution < -0.4 is 0 Å². The molecule has 1 aliphatic rings. The number of aliphatic hydroxyl groups is 1. The van der Waals surface area contributed by atoms with Gasteiger partial charge in [-0.25, -0.2) is 0 Å². The molecule has 14 heavy (non-hydrogen) atoms. The second kappa shape index (κ2) is 5.15. The van der Waals surface area contributed by atoms with Gasteiger partial charge in [0.1, 0.15) is 0 Å². The van der Waals surface area contributed by atoms with Crippen molar-refractivity contribution in [3.8, 4) is 0 Å². The van der Waals surface area contributed by atoms with Crippen LogP contribution in [0.4, 0.5) is 0 Å². The van der Waals surface area contributed by atoms with Crippen molar-refractivity contribution < 1.29 is 14.6 Å². The Bertz CT molecular complexity index is 213. The van der Waals surface area contributed by atoms with E-state index in [9.17, 15) is 4.79 Å². The number of esters is 1. The predicted molar refractivity (Wildman–Crippen MR) is 53.4 cm³/mol. The molecule has 1 rings (SSSR count). The van der Waals surface area contributed by atoms with Gasteiger partial charge in [0.25, 0.3) is 0 Å². The Labute approximate surface area is 84.8 Å². The van der Waals surface area contributed by atoms with Crippen molar-refractivity contribution in [2.75, 3.05) is 13.2 Å². The molecule has 0 aromatic carbocycles. The van der Waals surface area contributed by atoms with Crippen molar-refractivity contribution in [1.82, 2.24) is 0 Å². The molecule has 0 bridgehead atoms. The third-order valence-electron chi connectivity index (χ3n) is 2.53. The van der Waals surface area contributed by atoms with E-state index in [1.54, 1.807) is 13.0 Å². The van der Waals surface area contributed by atoms with Crippen LogP contribution in [0, 0.1) is 17.8 Å². The molecule has 0 heterocycles. The first-order chi connectivity index (χ1) is 6.76. The van der Waals surface area contributed by atoms with Gasteiger partial charge >= 0.3 is 5.97 Å². The SMILES string of the molecule is C=CC[C@@H]1[C](CCO)[C@@H]1C(=O)OCC. The lowest BCUT2D eigenvalue weighted by molar-refractivity contribution is -0.144. The molecule has 1 N–H and O–H groups in total. The van der Waals surface area contributed by atoms with E-state index in [1.165, 1.54) is 0 Å². The number of hydrogen-bond acceptors (Lipinski definition) is 3. The lowest BCUT2D eigenvalue weighted by Crippen LogP contribution is -2.08. The molecule has 0 aromatic rings. The number of ether oxygens (including phenoxy) is 1. The highest BCUT2D eigenvalue weighted by Crippen LogP contribution is 2.53. The fourth-order valence-corrected chi connectivity index (χ4v) is 1.86. The molecular weight excluding hydrogens is 180 g/mol. The van der Waals surface area contributed by atoms with Gasteiger partial charge in [0.15, 0.2) is 0 Å². The van der Waals surface area contributed by atoms with Gasteiger partial charge in [0.2, 0.25) is 0 Å². The maximum Gasteiger partial charge on any atom is 0.309 e. The molecular formula is C11H17O3. The first-order valence-electron chi connectivity index (χ1n) is 5.00. The molecule has 3 heteroatoms. The molecule has 79 valence electrons. The van der Waals surface area contributed by atoms with E-state index in [4.69, 9.17) is 9.84 Å². The summed E-state index contributed by atoms with van der Waals surface area (Å²) in [6.45, 7) is 5.98. The largest absolute Gasteiger partial charge is 0.466 e. The monoisotopic (exact) mass is 197 g/mol. The van der Waals surface area contributed by atoms with Gasteiger partial charge in [0, 0.05) is 6.61 Å². The van der Waals surface area contributed by atoms with Crippen molar-refractivity contribution >= 4 is 5.97 Å². The van der Waals surface area contributed by atoms with Crippen molar-refractivity contribution in [3.05, 3.63) is 18.6 Å². The molecule has 0 aromatic heterocycles. The number of hydrogen-bond donors (Lipinski definition) is 1. The van der Waals surface area contributed by atoms with Crippen LogP contribution in [0.3, 0.4) is 0 Å². The number of carbonyl (C=O) groups is 1. The van der Waals surface area contributed by atoms with Crippen molar-refractivity contribution in [3.63, 3.8) is 0 Å². The minimum Gasteiger partial charge on any atom is -0.466 e. The van der Waals surface area contributed by atoms with Crippen molar-refractivity contribution in [2.24, 2.45) is 11.8 Å². The molecule has 0 spiro atoms. The summed E-state index contributed by atoms with van der Waals surface area (Å²) in [5.41, 5.74) is 0. The molecule has 0 saturated heterocycles. The van der Waals surface area contributed by atoms with Crippen LogP contribution >= 0.6 is 0 Å². The minimum absolute atomic E-state index is 0.0832. The third kappa shape index (κ3) is 2.35. The van der Waals surface area contributed by atoms with E-state index in [2.05, 4.69) is 6.58 Å². The average Bonchev–Trinajstić information content (AvgIpc) is 2.81. The van der Waals surface area contributed by atoms with E-state index in [0.717, 1.165) is 12.3 Å². The Balaban J connectivity index is 2.43. The molecule has 3 nitrogen and oxygen atoms in total. The second-order valence-electron chi connectivity index (χ2n) is 3.41. The van der Waals surface area contributed by atoms with Crippen molar-refractivity contribution in [2.45, 2.75) is 19.8 Å². The zero-order valence-corrected chi connectivity index (χ0v) is 8.53. The van der Waals surface area contributed by atoms with Gasteiger partial charge in [-0.15, -0.1) is 6.58 Å². The summed E-state index contributed by atoms with van der Waals surface area (Å²) >= 11 is 0. The Morgan fingerprint density at radius 2 is 2.43 bits per heavy atom. The summed E-state index contributed by atoms with van der Waals surface area (Å²) < 4.78 is 4.94. The molecule has 0 aliphatic heterocycles. The highest BCUT2D eigenvalue weighted by atomic mass is 16.5. The number of allylic oxidation sites excluding steroid dienone is 1. The number of carbonyl (C=O) groups excluding carboxylic acids is 1. The molecule has 0 amide bonds. The zero-order valence-electron chi connectivity index (χ0n) is 8.53. The summed E-state index contributed by atoms with van der Waals surface area (Å²) in [7, 11) is 0. The topological polar surface area (TPSA) is 46.5 Å². The summed E-state index contributed by atoms with van der Waals surface area (Å²) in [4.78, 5) is 11.4. The Hall–Kier alpha value is -0.830. The Morgan fingerprint density at radius 3 is 2.93 bits per heavy atom. The van der Waals surface area contributed by atoms with Gasteiger partial charge in [-0.2, -0.15) is 0 Å². The van der Waals surface area contributed by atoms with Gasteiger partial charge < -0.3 is 9.84 Å². The molecule has 1 saturated carbocycles. The van der Waals surface area contributed by atoms with Crippen LogP contribution in [0.15, 0.2) is 12.7 Å². The molecule has 1 aliphatic carbocycles. The first kappa shape index (κ1) is 11.2. The van der Waals surface area contributed by atoms with Crippen LogP contribution in [0.2, 0.25) is 0 Å². The Kier molecular flexibility index (Phi) is 4.14. The fraction of sp³-hybridized carbons (Fsp3) is 0.636. The summed E-state index contributed by atoms with van der Waals surface area (Å²) in [6, 6.07) is 0. The van der Waals surface area contributed by atoms with Gasteiger partial charge in [0.05, 0.1) is 12.5 Å². The van der Waals surface area contributed by atoms with Crippen LogP contribution in [-0.2, 0) is 9.53 Å². The number of aliphatic hydroxyl groups excluding tert-OH is 1. The summed E-state index contributed by atoms with van der Waals surface area (Å²) in [5, 5.41) is 8.79. The molecule has 1 radical (unpaired) electrons. The highest BCUT2D eigenvalue weighted by Gasteiger charge is 2.54. The Morgan fingerprint density at radius 1 is 1.71 bits per heavy atom. The van der Waals surface area contributed by atoms with E-state index in [-0.39, 0.29) is 24.4 Å². The average molecular weight is 197 g/mol. The van der Waals surface area contributed by atoms with E-state index >= 15 is 0 Å². The van der Waals surface area contributed by atoms with E-state index in [1.807, 2.05) is 0 Å². The highest BCUT2D eigenvalue weighted by molar-refractivity contribution is 5.80. The normalized spacial score (nSPS) is 25.9. The predicted octanol–water partition coefficient (Wildman–Crippen LogP) is 1.33. The van der Waals surface area contributed by atoms with E-state index < -0.39 is 0 Å². The third-order valence-corrected chi connectivity index (χ3v) is 2.53. The summed E-state index contributed by atoms with van der Waals surface area (Å²) in [6.07, 6.45) is 3.22. The van der Waals surface area contributed by atoms with Crippen LogP contribution in [0.1, 0.15) is 19.8 Å². The molecule has 2 atom stereocenters. The van der Waals surface area contributed by atoms with Gasteiger partial charge in [-0.3, -0.25) is 4.79 Å². The minimum atomic E-state index is -0.150. The maximum absolute atomic E-state index is 11.4. The van der Waals surface area contributed by atoms with Crippen LogP contribution in [-0.4, -0.2) is 24.3 Å². The lowest BCUT2D eigenvalue weighted by Gasteiger charge is -1.99. The lowest BCUT2D eigenvalue weighted by atomic mass is 10.2. The first-order valence-corrected chi connectivity index (χ1v) is 5.00.